The van der Waals surface area contributed by atoms with Gasteiger partial charge in [0.1, 0.15) is 17.5 Å². The van der Waals surface area contributed by atoms with Crippen molar-refractivity contribution in [2.75, 3.05) is 5.32 Å². The average molecular weight is 343 g/mol. The summed E-state index contributed by atoms with van der Waals surface area (Å²) in [7, 11) is 0. The van der Waals surface area contributed by atoms with Crippen LogP contribution in [0.3, 0.4) is 0 Å². The molecule has 2 aromatic rings. The van der Waals surface area contributed by atoms with Gasteiger partial charge in [0.25, 0.3) is 0 Å². The Balaban J connectivity index is 1.87. The molecule has 1 aromatic carbocycles. The summed E-state index contributed by atoms with van der Waals surface area (Å²) >= 11 is 1.44. The molecule has 0 saturated carbocycles. The Labute approximate surface area is 135 Å². The molecule has 0 spiro atoms. The number of thiophene rings is 1. The van der Waals surface area contributed by atoms with Crippen LogP contribution in [0.1, 0.15) is 30.3 Å². The van der Waals surface area contributed by atoms with Crippen molar-refractivity contribution in [2.24, 2.45) is 0 Å². The minimum atomic E-state index is -4.36. The lowest BCUT2D eigenvalue weighted by Gasteiger charge is -2.41. The standard InChI is InChI=1S/C16H16F3NO2S/c1-15(2)14(21)12(13-11(22-15)7-8-23-13)20-10-5-3-9(4-6-10)16(17,18)19/h3-8,12,14,20-21H,1-2H3. The molecule has 0 radical (unpaired) electrons. The number of ether oxygens (including phenoxy) is 1. The van der Waals surface area contributed by atoms with E-state index in [2.05, 4.69) is 5.32 Å². The molecule has 2 heterocycles. The Morgan fingerprint density at radius 3 is 2.43 bits per heavy atom. The summed E-state index contributed by atoms with van der Waals surface area (Å²) in [6.45, 7) is 3.55. The van der Waals surface area contributed by atoms with Crippen LogP contribution in [0.25, 0.3) is 0 Å². The number of nitrogens with one attached hydrogen (secondary N) is 1. The number of hydrogen-bond donors (Lipinski definition) is 2. The highest BCUT2D eigenvalue weighted by Gasteiger charge is 2.43. The highest BCUT2D eigenvalue weighted by molar-refractivity contribution is 7.10. The zero-order valence-electron chi connectivity index (χ0n) is 12.5. The van der Waals surface area contributed by atoms with Crippen LogP contribution in [-0.4, -0.2) is 16.8 Å². The van der Waals surface area contributed by atoms with Gasteiger partial charge < -0.3 is 15.2 Å². The van der Waals surface area contributed by atoms with Crippen LogP contribution >= 0.6 is 11.3 Å². The van der Waals surface area contributed by atoms with Crippen LogP contribution in [0.5, 0.6) is 5.75 Å². The Kier molecular flexibility index (Phi) is 3.80. The molecule has 2 unspecified atom stereocenters. The zero-order chi connectivity index (χ0) is 16.8. The quantitative estimate of drug-likeness (QED) is 0.846. The summed E-state index contributed by atoms with van der Waals surface area (Å²) in [6, 6.07) is 6.17. The van der Waals surface area contributed by atoms with Crippen LogP contribution in [0.4, 0.5) is 18.9 Å². The number of aliphatic hydroxyl groups excluding tert-OH is 1. The summed E-state index contributed by atoms with van der Waals surface area (Å²) in [5.41, 5.74) is -0.982. The molecule has 2 atom stereocenters. The molecule has 124 valence electrons. The number of hydrogen-bond acceptors (Lipinski definition) is 4. The molecule has 3 nitrogen and oxygen atoms in total. The first-order valence-corrected chi connectivity index (χ1v) is 7.95. The fraction of sp³-hybridized carbons (Fsp3) is 0.375. The summed E-state index contributed by atoms with van der Waals surface area (Å²) in [5.74, 6) is 0.690. The fourth-order valence-corrected chi connectivity index (χ4v) is 3.49. The lowest BCUT2D eigenvalue weighted by Crippen LogP contribution is -2.50. The van der Waals surface area contributed by atoms with Crippen molar-refractivity contribution >= 4 is 17.0 Å². The molecular formula is C16H16F3NO2S. The second-order valence-corrected chi connectivity index (χ2v) is 6.94. The first-order valence-electron chi connectivity index (χ1n) is 7.07. The van der Waals surface area contributed by atoms with Gasteiger partial charge in [0.2, 0.25) is 0 Å². The van der Waals surface area contributed by atoms with E-state index < -0.39 is 29.5 Å². The van der Waals surface area contributed by atoms with E-state index in [1.54, 1.807) is 13.8 Å². The number of aliphatic hydroxyl groups is 1. The van der Waals surface area contributed by atoms with Crippen molar-refractivity contribution in [2.45, 2.75) is 37.8 Å². The fourth-order valence-electron chi connectivity index (χ4n) is 2.59. The molecule has 1 aliphatic heterocycles. The first-order chi connectivity index (χ1) is 10.7. The van der Waals surface area contributed by atoms with E-state index in [4.69, 9.17) is 4.74 Å². The molecule has 23 heavy (non-hydrogen) atoms. The van der Waals surface area contributed by atoms with Gasteiger partial charge in [-0.1, -0.05) is 0 Å². The second kappa shape index (κ2) is 5.42. The maximum absolute atomic E-state index is 12.6. The minimum absolute atomic E-state index is 0.439. The van der Waals surface area contributed by atoms with E-state index in [1.807, 2.05) is 11.4 Å². The Morgan fingerprint density at radius 2 is 1.83 bits per heavy atom. The average Bonchev–Trinajstić information content (AvgIpc) is 2.90. The SMILES string of the molecule is CC1(C)Oc2ccsc2C(Nc2ccc(C(F)(F)F)cc2)C1O. The molecule has 1 aliphatic rings. The van der Waals surface area contributed by atoms with Gasteiger partial charge in [0.05, 0.1) is 16.5 Å². The summed E-state index contributed by atoms with van der Waals surface area (Å²) in [6.07, 6.45) is -5.20. The minimum Gasteiger partial charge on any atom is -0.484 e. The second-order valence-electron chi connectivity index (χ2n) is 6.00. The molecule has 7 heteroatoms. The van der Waals surface area contributed by atoms with Gasteiger partial charge in [0.15, 0.2) is 0 Å². The lowest BCUT2D eigenvalue weighted by molar-refractivity contribution is -0.137. The maximum atomic E-state index is 12.6. The largest absolute Gasteiger partial charge is 0.484 e. The molecule has 0 amide bonds. The normalized spacial score (nSPS) is 23.0. The van der Waals surface area contributed by atoms with E-state index in [0.29, 0.717) is 11.4 Å². The molecule has 1 aromatic heterocycles. The number of fused-ring (bicyclic) bond motifs is 1. The smallest absolute Gasteiger partial charge is 0.416 e. The van der Waals surface area contributed by atoms with Gasteiger partial charge in [-0.05, 0) is 49.6 Å². The molecular weight excluding hydrogens is 327 g/mol. The first kappa shape index (κ1) is 16.1. The van der Waals surface area contributed by atoms with Crippen molar-refractivity contribution in [1.82, 2.24) is 0 Å². The number of rotatable bonds is 2. The van der Waals surface area contributed by atoms with E-state index in [9.17, 15) is 18.3 Å². The molecule has 0 bridgehead atoms. The van der Waals surface area contributed by atoms with Gasteiger partial charge in [-0.2, -0.15) is 13.2 Å². The predicted molar refractivity (Wildman–Crippen MR) is 82.8 cm³/mol. The number of alkyl halides is 3. The van der Waals surface area contributed by atoms with Crippen LogP contribution < -0.4 is 10.1 Å². The molecule has 0 fully saturated rings. The third kappa shape index (κ3) is 3.03. The van der Waals surface area contributed by atoms with E-state index in [1.165, 1.54) is 23.5 Å². The van der Waals surface area contributed by atoms with Gasteiger partial charge in [-0.25, -0.2) is 0 Å². The van der Waals surface area contributed by atoms with Crippen LogP contribution in [0, 0.1) is 0 Å². The van der Waals surface area contributed by atoms with E-state index in [0.717, 1.165) is 17.0 Å². The third-order valence-corrected chi connectivity index (χ3v) is 4.86. The third-order valence-electron chi connectivity index (χ3n) is 3.88. The molecule has 3 rings (SSSR count). The van der Waals surface area contributed by atoms with Gasteiger partial charge in [-0.3, -0.25) is 0 Å². The maximum Gasteiger partial charge on any atom is 0.416 e. The van der Waals surface area contributed by atoms with E-state index in [-0.39, 0.29) is 0 Å². The van der Waals surface area contributed by atoms with Crippen molar-refractivity contribution in [1.29, 1.82) is 0 Å². The Morgan fingerprint density at radius 1 is 1.17 bits per heavy atom. The summed E-state index contributed by atoms with van der Waals surface area (Å²) in [5, 5.41) is 15.5. The summed E-state index contributed by atoms with van der Waals surface area (Å²) < 4.78 is 43.6. The number of halogens is 3. The molecule has 0 aliphatic carbocycles. The lowest BCUT2D eigenvalue weighted by atomic mass is 9.90. The zero-order valence-corrected chi connectivity index (χ0v) is 13.3. The highest BCUT2D eigenvalue weighted by atomic mass is 32.1. The number of anilines is 1. The van der Waals surface area contributed by atoms with Crippen molar-refractivity contribution in [3.05, 3.63) is 46.2 Å². The molecule has 0 saturated heterocycles. The van der Waals surface area contributed by atoms with Crippen LogP contribution in [-0.2, 0) is 6.18 Å². The monoisotopic (exact) mass is 343 g/mol. The Hall–Kier alpha value is -1.73. The van der Waals surface area contributed by atoms with Crippen LogP contribution in [0.15, 0.2) is 35.7 Å². The van der Waals surface area contributed by atoms with Gasteiger partial charge in [-0.15, -0.1) is 11.3 Å². The Bertz CT molecular complexity index is 694. The summed E-state index contributed by atoms with van der Waals surface area (Å²) in [4.78, 5) is 0.830. The number of benzene rings is 1. The van der Waals surface area contributed by atoms with Crippen molar-refractivity contribution in [3.63, 3.8) is 0 Å². The topological polar surface area (TPSA) is 41.5 Å². The van der Waals surface area contributed by atoms with Crippen molar-refractivity contribution < 1.29 is 23.0 Å². The van der Waals surface area contributed by atoms with Crippen molar-refractivity contribution in [3.8, 4) is 5.75 Å². The van der Waals surface area contributed by atoms with Gasteiger partial charge in [0, 0.05) is 5.69 Å². The molecule has 2 N–H and O–H groups in total. The van der Waals surface area contributed by atoms with Gasteiger partial charge >= 0.3 is 6.18 Å². The van der Waals surface area contributed by atoms with Crippen LogP contribution in [0.2, 0.25) is 0 Å². The predicted octanol–water partition coefficient (Wildman–Crippen LogP) is 4.45. The highest BCUT2D eigenvalue weighted by Crippen LogP contribution is 2.44. The van der Waals surface area contributed by atoms with E-state index >= 15 is 0 Å².